The van der Waals surface area contributed by atoms with Crippen molar-refractivity contribution in [2.24, 2.45) is 5.73 Å². The number of primary amides is 1. The first kappa shape index (κ1) is 19.4. The lowest BCUT2D eigenvalue weighted by Gasteiger charge is -2.09. The summed E-state index contributed by atoms with van der Waals surface area (Å²) >= 11 is 5.81. The van der Waals surface area contributed by atoms with Gasteiger partial charge in [-0.05, 0) is 30.3 Å². The second-order valence-corrected chi connectivity index (χ2v) is 6.47. The number of ether oxygens (including phenoxy) is 1. The Morgan fingerprint density at radius 1 is 1.07 bits per heavy atom. The fourth-order valence-electron chi connectivity index (χ4n) is 2.79. The number of carbonyl (C=O) groups excluding carboxylic acids is 3. The Labute approximate surface area is 166 Å². The summed E-state index contributed by atoms with van der Waals surface area (Å²) in [4.78, 5) is 35.5. The molecule has 0 aliphatic heterocycles. The fourth-order valence-corrected chi connectivity index (χ4v) is 2.92. The number of aromatic nitrogens is 1. The van der Waals surface area contributed by atoms with Crippen LogP contribution in [0, 0.1) is 0 Å². The van der Waals surface area contributed by atoms with E-state index in [0.717, 1.165) is 0 Å². The Hall–Kier alpha value is -3.32. The van der Waals surface area contributed by atoms with Crippen molar-refractivity contribution in [1.82, 2.24) is 9.88 Å². The summed E-state index contributed by atoms with van der Waals surface area (Å²) in [7, 11) is 0. The molecule has 0 aliphatic rings. The van der Waals surface area contributed by atoms with Crippen LogP contribution in [0.2, 0.25) is 5.02 Å². The first-order valence-corrected chi connectivity index (χ1v) is 8.90. The summed E-state index contributed by atoms with van der Waals surface area (Å²) in [6, 6.07) is 13.9. The Kier molecular flexibility index (Phi) is 5.96. The highest BCUT2D eigenvalue weighted by Crippen LogP contribution is 2.21. The highest BCUT2D eigenvalue weighted by molar-refractivity contribution is 6.44. The number of para-hydroxylation sites is 1. The van der Waals surface area contributed by atoms with E-state index in [2.05, 4.69) is 5.32 Å². The highest BCUT2D eigenvalue weighted by atomic mass is 35.5. The number of carbonyl (C=O) groups is 3. The summed E-state index contributed by atoms with van der Waals surface area (Å²) in [6.45, 7) is 0.604. The maximum atomic E-state index is 12.2. The van der Waals surface area contributed by atoms with Crippen molar-refractivity contribution in [3.63, 3.8) is 0 Å². The van der Waals surface area contributed by atoms with E-state index in [1.54, 1.807) is 53.1 Å². The third-order valence-corrected chi connectivity index (χ3v) is 4.33. The van der Waals surface area contributed by atoms with Gasteiger partial charge in [-0.2, -0.15) is 0 Å². The van der Waals surface area contributed by atoms with Crippen molar-refractivity contribution >= 4 is 40.1 Å². The van der Waals surface area contributed by atoms with Crippen LogP contribution in [0.4, 0.5) is 0 Å². The third-order valence-electron chi connectivity index (χ3n) is 4.08. The minimum atomic E-state index is -1.04. The van der Waals surface area contributed by atoms with Gasteiger partial charge in [-0.25, -0.2) is 0 Å². The molecule has 0 spiro atoms. The van der Waals surface area contributed by atoms with Gasteiger partial charge in [-0.1, -0.05) is 29.8 Å². The molecule has 7 nitrogen and oxygen atoms in total. The van der Waals surface area contributed by atoms with Gasteiger partial charge < -0.3 is 20.4 Å². The van der Waals surface area contributed by atoms with Crippen molar-refractivity contribution in [2.45, 2.75) is 6.54 Å². The lowest BCUT2D eigenvalue weighted by Crippen LogP contribution is -2.31. The topological polar surface area (TPSA) is 103 Å². The molecule has 3 rings (SSSR count). The van der Waals surface area contributed by atoms with Crippen molar-refractivity contribution in [2.75, 3.05) is 13.2 Å². The molecule has 0 unspecified atom stereocenters. The standard InChI is InChI=1S/C20H18ClN3O4/c21-13-5-7-14(8-6-13)28-10-9-23-18(25)12-24-11-16(19(26)20(22)27)15-3-1-2-4-17(15)24/h1-8,11H,9-10,12H2,(H2,22,27)(H,23,25). The van der Waals surface area contributed by atoms with E-state index in [9.17, 15) is 14.4 Å². The number of fused-ring (bicyclic) bond motifs is 1. The summed E-state index contributed by atoms with van der Waals surface area (Å²) in [5.74, 6) is -1.42. The molecule has 0 saturated carbocycles. The smallest absolute Gasteiger partial charge is 0.289 e. The Balaban J connectivity index is 1.61. The molecule has 2 amide bonds. The summed E-state index contributed by atoms with van der Waals surface area (Å²) in [6.07, 6.45) is 1.47. The molecule has 0 saturated heterocycles. The van der Waals surface area contributed by atoms with Gasteiger partial charge in [0.1, 0.15) is 18.9 Å². The minimum Gasteiger partial charge on any atom is -0.492 e. The number of halogens is 1. The molecule has 144 valence electrons. The number of hydrogen-bond acceptors (Lipinski definition) is 4. The van der Waals surface area contributed by atoms with E-state index < -0.39 is 11.7 Å². The Morgan fingerprint density at radius 3 is 2.50 bits per heavy atom. The molecular formula is C20H18ClN3O4. The van der Waals surface area contributed by atoms with Crippen LogP contribution in [-0.2, 0) is 16.1 Å². The molecule has 3 aromatic rings. The summed E-state index contributed by atoms with van der Waals surface area (Å²) in [5, 5.41) is 3.94. The number of hydrogen-bond donors (Lipinski definition) is 2. The highest BCUT2D eigenvalue weighted by Gasteiger charge is 2.19. The molecule has 0 fully saturated rings. The van der Waals surface area contributed by atoms with Crippen molar-refractivity contribution in [3.05, 3.63) is 65.3 Å². The average Bonchev–Trinajstić information content (AvgIpc) is 3.04. The lowest BCUT2D eigenvalue weighted by atomic mass is 10.1. The first-order valence-electron chi connectivity index (χ1n) is 8.53. The number of nitrogens with one attached hydrogen (secondary N) is 1. The zero-order valence-corrected chi connectivity index (χ0v) is 15.6. The predicted molar refractivity (Wildman–Crippen MR) is 105 cm³/mol. The molecule has 3 N–H and O–H groups in total. The second-order valence-electron chi connectivity index (χ2n) is 6.03. The molecule has 8 heteroatoms. The van der Waals surface area contributed by atoms with Gasteiger partial charge in [0.15, 0.2) is 0 Å². The van der Waals surface area contributed by atoms with Crippen molar-refractivity contribution in [3.8, 4) is 5.75 Å². The van der Waals surface area contributed by atoms with Gasteiger partial charge >= 0.3 is 0 Å². The quantitative estimate of drug-likeness (QED) is 0.344. The maximum absolute atomic E-state index is 12.2. The molecule has 1 heterocycles. The monoisotopic (exact) mass is 399 g/mol. The van der Waals surface area contributed by atoms with E-state index >= 15 is 0 Å². The van der Waals surface area contributed by atoms with Gasteiger partial charge in [0.2, 0.25) is 5.91 Å². The Morgan fingerprint density at radius 2 is 1.79 bits per heavy atom. The van der Waals surface area contributed by atoms with E-state index in [-0.39, 0.29) is 18.0 Å². The molecule has 28 heavy (non-hydrogen) atoms. The van der Waals surface area contributed by atoms with Crippen LogP contribution in [0.1, 0.15) is 10.4 Å². The third kappa shape index (κ3) is 4.50. The largest absolute Gasteiger partial charge is 0.492 e. The molecule has 0 aliphatic carbocycles. The van der Waals surface area contributed by atoms with Crippen LogP contribution in [0.3, 0.4) is 0 Å². The molecule has 0 radical (unpaired) electrons. The number of rotatable bonds is 8. The van der Waals surface area contributed by atoms with E-state index in [0.29, 0.717) is 34.8 Å². The number of Topliss-reactive ketones (excluding diaryl/α,β-unsaturated/α-hetero) is 1. The van der Waals surface area contributed by atoms with Gasteiger partial charge in [0, 0.05) is 22.1 Å². The fraction of sp³-hybridized carbons (Fsp3) is 0.150. The van der Waals surface area contributed by atoms with Crippen molar-refractivity contribution in [1.29, 1.82) is 0 Å². The zero-order valence-electron chi connectivity index (χ0n) is 14.9. The number of nitrogens with zero attached hydrogens (tertiary/aromatic N) is 1. The average molecular weight is 400 g/mol. The number of ketones is 1. The van der Waals surface area contributed by atoms with Crippen molar-refractivity contribution < 1.29 is 19.1 Å². The van der Waals surface area contributed by atoms with Gasteiger partial charge in [0.25, 0.3) is 11.7 Å². The number of benzene rings is 2. The van der Waals surface area contributed by atoms with Crippen LogP contribution < -0.4 is 15.8 Å². The first-order chi connectivity index (χ1) is 13.5. The molecular weight excluding hydrogens is 382 g/mol. The van der Waals surface area contributed by atoms with Crippen LogP contribution in [0.15, 0.2) is 54.7 Å². The normalized spacial score (nSPS) is 10.6. The lowest BCUT2D eigenvalue weighted by molar-refractivity contribution is -0.121. The van der Waals surface area contributed by atoms with Gasteiger partial charge in [-0.3, -0.25) is 14.4 Å². The number of amides is 2. The van der Waals surface area contributed by atoms with Gasteiger partial charge in [0.05, 0.1) is 12.1 Å². The zero-order chi connectivity index (χ0) is 20.1. The molecule has 2 aromatic carbocycles. The van der Waals surface area contributed by atoms with E-state index in [1.807, 2.05) is 0 Å². The van der Waals surface area contributed by atoms with Gasteiger partial charge in [-0.15, -0.1) is 0 Å². The van der Waals surface area contributed by atoms with E-state index in [1.165, 1.54) is 6.20 Å². The van der Waals surface area contributed by atoms with Crippen LogP contribution in [0.5, 0.6) is 5.75 Å². The predicted octanol–water partition coefficient (Wildman–Crippen LogP) is 2.16. The van der Waals surface area contributed by atoms with E-state index in [4.69, 9.17) is 22.1 Å². The summed E-state index contributed by atoms with van der Waals surface area (Å²) < 4.78 is 7.13. The SMILES string of the molecule is NC(=O)C(=O)c1cn(CC(=O)NCCOc2ccc(Cl)cc2)c2ccccc12. The summed E-state index contributed by atoms with van der Waals surface area (Å²) in [5.41, 5.74) is 5.96. The van der Waals surface area contributed by atoms with Crippen LogP contribution in [0.25, 0.3) is 10.9 Å². The second kappa shape index (κ2) is 8.58. The molecule has 0 bridgehead atoms. The Bertz CT molecular complexity index is 1030. The maximum Gasteiger partial charge on any atom is 0.289 e. The molecule has 0 atom stereocenters. The molecule has 1 aromatic heterocycles. The van der Waals surface area contributed by atoms with Crippen LogP contribution in [-0.4, -0.2) is 35.3 Å². The van der Waals surface area contributed by atoms with Crippen LogP contribution >= 0.6 is 11.6 Å². The minimum absolute atomic E-state index is 0.00645. The number of nitrogens with two attached hydrogens (primary N) is 1.